The molecule has 0 saturated carbocycles. The molecule has 1 heterocycles. The Balaban J connectivity index is 0.00000220. The van der Waals surface area contributed by atoms with Crippen LogP contribution in [0.4, 0.5) is 0 Å². The number of nitrogens with zero attached hydrogens (tertiary/aromatic N) is 2. The van der Waals surface area contributed by atoms with E-state index in [2.05, 4.69) is 11.0 Å². The van der Waals surface area contributed by atoms with Crippen LogP contribution in [0.25, 0.3) is 0 Å². The Bertz CT molecular complexity index is 485. The molecule has 2 rings (SSSR count). The third-order valence-corrected chi connectivity index (χ3v) is 3.97. The van der Waals surface area contributed by atoms with Gasteiger partial charge in [-0.2, -0.15) is 5.26 Å². The molecule has 0 aromatic heterocycles. The highest BCUT2D eigenvalue weighted by Gasteiger charge is 2.19. The normalized spacial score (nSPS) is 18.6. The fourth-order valence-corrected chi connectivity index (χ4v) is 2.95. The van der Waals surface area contributed by atoms with Crippen molar-refractivity contribution in [2.24, 2.45) is 11.7 Å². The quantitative estimate of drug-likeness (QED) is 0.908. The molecule has 2 N–H and O–H groups in total. The number of benzene rings is 1. The Kier molecular flexibility index (Phi) is 7.52. The fourth-order valence-electron chi connectivity index (χ4n) is 2.95. The molecular formula is C16H24ClN3O. The Morgan fingerprint density at radius 3 is 2.95 bits per heavy atom. The van der Waals surface area contributed by atoms with Crippen LogP contribution < -0.4 is 10.5 Å². The van der Waals surface area contributed by atoms with Gasteiger partial charge in [0.1, 0.15) is 11.8 Å². The van der Waals surface area contributed by atoms with E-state index in [4.69, 9.17) is 15.7 Å². The average Bonchev–Trinajstić information content (AvgIpc) is 2.48. The number of ether oxygens (including phenoxy) is 1. The van der Waals surface area contributed by atoms with Gasteiger partial charge in [-0.05, 0) is 56.0 Å². The third kappa shape index (κ3) is 4.89. The summed E-state index contributed by atoms with van der Waals surface area (Å²) in [6, 6.07) is 7.99. The van der Waals surface area contributed by atoms with Crippen molar-refractivity contribution in [3.05, 3.63) is 29.3 Å². The summed E-state index contributed by atoms with van der Waals surface area (Å²) in [5.74, 6) is 1.40. The number of nitriles is 1. The molecule has 1 saturated heterocycles. The molecule has 1 aromatic rings. The van der Waals surface area contributed by atoms with Gasteiger partial charge in [0.2, 0.25) is 0 Å². The fraction of sp³-hybridized carbons (Fsp3) is 0.562. The van der Waals surface area contributed by atoms with Crippen LogP contribution in [0.3, 0.4) is 0 Å². The number of hydrogen-bond acceptors (Lipinski definition) is 4. The van der Waals surface area contributed by atoms with E-state index in [1.54, 1.807) is 7.11 Å². The van der Waals surface area contributed by atoms with Gasteiger partial charge >= 0.3 is 0 Å². The second kappa shape index (κ2) is 8.89. The third-order valence-electron chi connectivity index (χ3n) is 3.97. The van der Waals surface area contributed by atoms with Crippen LogP contribution in [0.1, 0.15) is 30.4 Å². The van der Waals surface area contributed by atoms with Gasteiger partial charge in [-0.1, -0.05) is 6.07 Å². The Morgan fingerprint density at radius 1 is 1.48 bits per heavy atom. The van der Waals surface area contributed by atoms with E-state index in [0.29, 0.717) is 11.3 Å². The van der Waals surface area contributed by atoms with E-state index in [-0.39, 0.29) is 12.4 Å². The van der Waals surface area contributed by atoms with Gasteiger partial charge < -0.3 is 10.5 Å². The second-order valence-corrected chi connectivity index (χ2v) is 5.47. The van der Waals surface area contributed by atoms with Gasteiger partial charge in [0.15, 0.2) is 0 Å². The molecule has 4 nitrogen and oxygen atoms in total. The molecule has 0 bridgehead atoms. The molecule has 0 spiro atoms. The molecule has 21 heavy (non-hydrogen) atoms. The van der Waals surface area contributed by atoms with Crippen molar-refractivity contribution in [1.82, 2.24) is 4.90 Å². The summed E-state index contributed by atoms with van der Waals surface area (Å²) in [6.07, 6.45) is 3.66. The van der Waals surface area contributed by atoms with Crippen LogP contribution in [-0.2, 0) is 6.54 Å². The topological polar surface area (TPSA) is 62.3 Å². The molecule has 0 aliphatic carbocycles. The first-order valence-corrected chi connectivity index (χ1v) is 7.26. The predicted molar refractivity (Wildman–Crippen MR) is 86.6 cm³/mol. The number of hydrogen-bond donors (Lipinski definition) is 1. The SMILES string of the molecule is COc1cc(CN2CCCC(CCN)C2)ccc1C#N.Cl. The number of halogens is 1. The van der Waals surface area contributed by atoms with Crippen LogP contribution in [0.15, 0.2) is 18.2 Å². The predicted octanol–water partition coefficient (Wildman–Crippen LogP) is 2.55. The number of likely N-dealkylation sites (tertiary alicyclic amines) is 1. The summed E-state index contributed by atoms with van der Waals surface area (Å²) in [5, 5.41) is 9.00. The van der Waals surface area contributed by atoms with Crippen LogP contribution in [-0.4, -0.2) is 31.6 Å². The summed E-state index contributed by atoms with van der Waals surface area (Å²) >= 11 is 0. The monoisotopic (exact) mass is 309 g/mol. The lowest BCUT2D eigenvalue weighted by molar-refractivity contribution is 0.163. The summed E-state index contributed by atoms with van der Waals surface area (Å²) in [4.78, 5) is 2.48. The Hall–Kier alpha value is -1.28. The van der Waals surface area contributed by atoms with Gasteiger partial charge in [0.05, 0.1) is 12.7 Å². The van der Waals surface area contributed by atoms with E-state index in [0.717, 1.165) is 38.5 Å². The van der Waals surface area contributed by atoms with Crippen LogP contribution >= 0.6 is 12.4 Å². The minimum absolute atomic E-state index is 0. The molecule has 1 atom stereocenters. The summed E-state index contributed by atoms with van der Waals surface area (Å²) in [7, 11) is 1.61. The highest BCUT2D eigenvalue weighted by atomic mass is 35.5. The first-order chi connectivity index (χ1) is 9.76. The van der Waals surface area contributed by atoms with Gasteiger partial charge in [-0.3, -0.25) is 4.90 Å². The molecule has 0 amide bonds. The van der Waals surface area contributed by atoms with Gasteiger partial charge in [0.25, 0.3) is 0 Å². The highest BCUT2D eigenvalue weighted by molar-refractivity contribution is 5.85. The molecule has 1 unspecified atom stereocenters. The van der Waals surface area contributed by atoms with Crippen molar-refractivity contribution in [2.75, 3.05) is 26.7 Å². The van der Waals surface area contributed by atoms with Crippen LogP contribution in [0.2, 0.25) is 0 Å². The zero-order chi connectivity index (χ0) is 14.4. The Labute approximate surface area is 133 Å². The molecule has 116 valence electrons. The maximum absolute atomic E-state index is 9.00. The van der Waals surface area contributed by atoms with Crippen LogP contribution in [0, 0.1) is 17.2 Å². The number of nitrogens with two attached hydrogens (primary N) is 1. The highest BCUT2D eigenvalue weighted by Crippen LogP contribution is 2.23. The smallest absolute Gasteiger partial charge is 0.136 e. The lowest BCUT2D eigenvalue weighted by atomic mass is 9.94. The molecule has 1 aliphatic heterocycles. The summed E-state index contributed by atoms with van der Waals surface area (Å²) in [5.41, 5.74) is 7.46. The van der Waals surface area contributed by atoms with E-state index < -0.39 is 0 Å². The zero-order valence-corrected chi connectivity index (χ0v) is 13.4. The summed E-state index contributed by atoms with van der Waals surface area (Å²) < 4.78 is 5.27. The van der Waals surface area contributed by atoms with Crippen molar-refractivity contribution in [3.8, 4) is 11.8 Å². The number of methoxy groups -OCH3 is 1. The Morgan fingerprint density at radius 2 is 2.29 bits per heavy atom. The van der Waals surface area contributed by atoms with E-state index in [9.17, 15) is 0 Å². The van der Waals surface area contributed by atoms with Crippen molar-refractivity contribution >= 4 is 12.4 Å². The number of rotatable bonds is 5. The largest absolute Gasteiger partial charge is 0.495 e. The second-order valence-electron chi connectivity index (χ2n) is 5.47. The van der Waals surface area contributed by atoms with Gasteiger partial charge in [-0.15, -0.1) is 12.4 Å². The average molecular weight is 310 g/mol. The van der Waals surface area contributed by atoms with Gasteiger partial charge in [0, 0.05) is 13.1 Å². The number of piperidine rings is 1. The first kappa shape index (κ1) is 17.8. The van der Waals surface area contributed by atoms with Crippen molar-refractivity contribution in [3.63, 3.8) is 0 Å². The minimum Gasteiger partial charge on any atom is -0.495 e. The minimum atomic E-state index is 0. The van der Waals surface area contributed by atoms with Crippen molar-refractivity contribution in [2.45, 2.75) is 25.8 Å². The van der Waals surface area contributed by atoms with E-state index in [1.165, 1.54) is 18.4 Å². The van der Waals surface area contributed by atoms with Gasteiger partial charge in [-0.25, -0.2) is 0 Å². The molecular weight excluding hydrogens is 286 g/mol. The van der Waals surface area contributed by atoms with Crippen molar-refractivity contribution in [1.29, 1.82) is 5.26 Å². The summed E-state index contributed by atoms with van der Waals surface area (Å²) in [6.45, 7) is 3.97. The molecule has 1 aromatic carbocycles. The maximum Gasteiger partial charge on any atom is 0.136 e. The lowest BCUT2D eigenvalue weighted by Crippen LogP contribution is -2.35. The standard InChI is InChI=1S/C16H23N3O.ClH/c1-20-16-9-14(4-5-15(16)10-18)12-19-8-2-3-13(11-19)6-7-17;/h4-5,9,13H,2-3,6-8,11-12,17H2,1H3;1H. The molecule has 1 fully saturated rings. The zero-order valence-electron chi connectivity index (χ0n) is 12.5. The lowest BCUT2D eigenvalue weighted by Gasteiger charge is -2.32. The molecule has 5 heteroatoms. The molecule has 1 aliphatic rings. The van der Waals surface area contributed by atoms with E-state index in [1.807, 2.05) is 18.2 Å². The first-order valence-electron chi connectivity index (χ1n) is 7.26. The van der Waals surface area contributed by atoms with E-state index >= 15 is 0 Å². The van der Waals surface area contributed by atoms with Crippen molar-refractivity contribution < 1.29 is 4.74 Å². The maximum atomic E-state index is 9.00. The van der Waals surface area contributed by atoms with Crippen LogP contribution in [0.5, 0.6) is 5.75 Å². The molecule has 0 radical (unpaired) electrons.